The fourth-order valence-corrected chi connectivity index (χ4v) is 3.61. The molecule has 1 atom stereocenters. The molecule has 0 aliphatic carbocycles. The Labute approximate surface area is 185 Å². The number of alkyl halides is 6. The summed E-state index contributed by atoms with van der Waals surface area (Å²) in [5.41, 5.74) is -3.84. The summed E-state index contributed by atoms with van der Waals surface area (Å²) in [4.78, 5) is 26.1. The van der Waals surface area contributed by atoms with E-state index in [1.54, 1.807) is 13.8 Å². The van der Waals surface area contributed by atoms with Crippen LogP contribution in [0.25, 0.3) is 5.69 Å². The van der Waals surface area contributed by atoms with Gasteiger partial charge in [-0.3, -0.25) is 9.59 Å². The highest BCUT2D eigenvalue weighted by molar-refractivity contribution is 5.95. The molecule has 1 aromatic heterocycles. The number of halogens is 6. The summed E-state index contributed by atoms with van der Waals surface area (Å²) >= 11 is 0. The average Bonchev–Trinajstić information content (AvgIpc) is 3.18. The summed E-state index contributed by atoms with van der Waals surface area (Å²) in [7, 11) is 0. The molecule has 1 aliphatic rings. The minimum absolute atomic E-state index is 0.0172. The van der Waals surface area contributed by atoms with Crippen LogP contribution in [0.15, 0.2) is 30.5 Å². The van der Waals surface area contributed by atoms with Crippen molar-refractivity contribution < 1.29 is 35.9 Å². The summed E-state index contributed by atoms with van der Waals surface area (Å²) in [6.07, 6.45) is -8.07. The molecule has 0 bridgehead atoms. The predicted octanol–water partition coefficient (Wildman–Crippen LogP) is 4.29. The molecule has 2 aromatic rings. The molecule has 3 rings (SSSR count). The topological polar surface area (TPSA) is 67.2 Å². The van der Waals surface area contributed by atoms with Crippen molar-refractivity contribution in [1.29, 1.82) is 0 Å². The van der Waals surface area contributed by atoms with Gasteiger partial charge in [0.15, 0.2) is 5.69 Å². The fourth-order valence-electron chi connectivity index (χ4n) is 3.61. The zero-order chi connectivity index (χ0) is 24.6. The van der Waals surface area contributed by atoms with Gasteiger partial charge in [0.1, 0.15) is 0 Å². The lowest BCUT2D eigenvalue weighted by atomic mass is 10.0. The Balaban J connectivity index is 1.94. The molecule has 180 valence electrons. The molecule has 0 saturated carbocycles. The van der Waals surface area contributed by atoms with Crippen molar-refractivity contribution in [3.05, 3.63) is 47.3 Å². The van der Waals surface area contributed by atoms with Crippen LogP contribution >= 0.6 is 0 Å². The van der Waals surface area contributed by atoms with Gasteiger partial charge in [-0.1, -0.05) is 19.9 Å². The van der Waals surface area contributed by atoms with Gasteiger partial charge in [0.2, 0.25) is 5.91 Å². The number of aromatic nitrogens is 2. The van der Waals surface area contributed by atoms with E-state index >= 15 is 0 Å². The molecule has 1 aliphatic heterocycles. The van der Waals surface area contributed by atoms with Gasteiger partial charge in [-0.2, -0.15) is 31.4 Å². The molecule has 2 heterocycles. The maximum atomic E-state index is 13.9. The highest BCUT2D eigenvalue weighted by Gasteiger charge is 2.42. The number of hydrogen-bond acceptors (Lipinski definition) is 3. The van der Waals surface area contributed by atoms with Gasteiger partial charge in [-0.15, -0.1) is 0 Å². The van der Waals surface area contributed by atoms with E-state index in [-0.39, 0.29) is 24.9 Å². The Morgan fingerprint density at radius 2 is 1.82 bits per heavy atom. The Morgan fingerprint density at radius 1 is 1.12 bits per heavy atom. The van der Waals surface area contributed by atoms with Crippen LogP contribution in [0.1, 0.15) is 48.3 Å². The number of likely N-dealkylation sites (tertiary alicyclic amines) is 1. The summed E-state index contributed by atoms with van der Waals surface area (Å²) in [5, 5.41) is 6.36. The van der Waals surface area contributed by atoms with Crippen LogP contribution in [0.2, 0.25) is 0 Å². The number of nitrogens with one attached hydrogen (secondary N) is 1. The SMILES string of the molecule is CC(C)C(=O)NC1CCCN(C(=O)c2cnn(-c3cccc(C(F)(F)F)c3)c2C(F)(F)F)C1. The number of benzene rings is 1. The van der Waals surface area contributed by atoms with Gasteiger partial charge in [-0.25, -0.2) is 4.68 Å². The standard InChI is InChI=1S/C21H22F6N4O2/c1-12(2)18(32)29-14-6-4-8-30(11-14)19(33)16-10-28-31(17(16)21(25,26)27)15-7-3-5-13(9-15)20(22,23)24/h3,5,7,9-10,12,14H,4,6,8,11H2,1-2H3,(H,29,32). The third-order valence-electron chi connectivity index (χ3n) is 5.27. The van der Waals surface area contributed by atoms with E-state index in [0.29, 0.717) is 29.8 Å². The Hall–Kier alpha value is -3.05. The lowest BCUT2D eigenvalue weighted by Gasteiger charge is -2.33. The van der Waals surface area contributed by atoms with Crippen molar-refractivity contribution in [2.45, 2.75) is 45.1 Å². The number of carbonyl (C=O) groups is 2. The fraction of sp³-hybridized carbons (Fsp3) is 0.476. The van der Waals surface area contributed by atoms with Gasteiger partial charge in [0.05, 0.1) is 23.0 Å². The van der Waals surface area contributed by atoms with E-state index in [0.717, 1.165) is 18.2 Å². The first-order chi connectivity index (χ1) is 15.3. The van der Waals surface area contributed by atoms with Crippen molar-refractivity contribution in [3.8, 4) is 5.69 Å². The highest BCUT2D eigenvalue weighted by Crippen LogP contribution is 2.36. The molecule has 1 N–H and O–H groups in total. The van der Waals surface area contributed by atoms with Crippen molar-refractivity contribution >= 4 is 11.8 Å². The number of nitrogens with zero attached hydrogens (tertiary/aromatic N) is 3. The van der Waals surface area contributed by atoms with Crippen molar-refractivity contribution in [1.82, 2.24) is 20.0 Å². The summed E-state index contributed by atoms with van der Waals surface area (Å²) < 4.78 is 81.1. The Morgan fingerprint density at radius 3 is 2.42 bits per heavy atom. The van der Waals surface area contributed by atoms with Crippen molar-refractivity contribution in [3.63, 3.8) is 0 Å². The lowest BCUT2D eigenvalue weighted by molar-refractivity contribution is -0.143. The van der Waals surface area contributed by atoms with Crippen LogP contribution < -0.4 is 5.32 Å². The smallest absolute Gasteiger partial charge is 0.351 e. The lowest BCUT2D eigenvalue weighted by Crippen LogP contribution is -2.50. The summed E-state index contributed by atoms with van der Waals surface area (Å²) in [5.74, 6) is -1.48. The minimum Gasteiger partial charge on any atom is -0.351 e. The van der Waals surface area contributed by atoms with E-state index in [1.165, 1.54) is 4.90 Å². The monoisotopic (exact) mass is 476 g/mol. The molecule has 6 nitrogen and oxygen atoms in total. The molecule has 2 amide bonds. The van der Waals surface area contributed by atoms with Crippen LogP contribution in [0.5, 0.6) is 0 Å². The minimum atomic E-state index is -5.06. The van der Waals surface area contributed by atoms with Crippen LogP contribution in [-0.4, -0.2) is 45.6 Å². The van der Waals surface area contributed by atoms with Crippen molar-refractivity contribution in [2.24, 2.45) is 5.92 Å². The number of amides is 2. The van der Waals surface area contributed by atoms with E-state index in [2.05, 4.69) is 10.4 Å². The molecular weight excluding hydrogens is 454 g/mol. The molecule has 1 saturated heterocycles. The van der Waals surface area contributed by atoms with Crippen LogP contribution in [-0.2, 0) is 17.1 Å². The quantitative estimate of drug-likeness (QED) is 0.670. The normalized spacial score (nSPS) is 17.4. The first-order valence-electron chi connectivity index (χ1n) is 10.2. The van der Waals surface area contributed by atoms with Gasteiger partial charge in [0, 0.05) is 25.0 Å². The molecule has 0 radical (unpaired) electrons. The molecule has 0 spiro atoms. The maximum absolute atomic E-state index is 13.9. The average molecular weight is 476 g/mol. The van der Waals surface area contributed by atoms with Gasteiger partial charge in [0.25, 0.3) is 5.91 Å². The van der Waals surface area contributed by atoms with E-state index in [1.807, 2.05) is 0 Å². The molecule has 1 unspecified atom stereocenters. The van der Waals surface area contributed by atoms with Crippen LogP contribution in [0.3, 0.4) is 0 Å². The molecule has 33 heavy (non-hydrogen) atoms. The number of hydrogen-bond donors (Lipinski definition) is 1. The predicted molar refractivity (Wildman–Crippen MR) is 105 cm³/mol. The van der Waals surface area contributed by atoms with E-state index in [9.17, 15) is 35.9 Å². The Bertz CT molecular complexity index is 1030. The van der Waals surface area contributed by atoms with Crippen LogP contribution in [0, 0.1) is 5.92 Å². The second kappa shape index (κ2) is 9.06. The number of carbonyl (C=O) groups excluding carboxylic acids is 2. The zero-order valence-electron chi connectivity index (χ0n) is 17.8. The second-order valence-corrected chi connectivity index (χ2v) is 8.12. The van der Waals surface area contributed by atoms with E-state index < -0.39 is 46.8 Å². The van der Waals surface area contributed by atoms with Gasteiger partial charge < -0.3 is 10.2 Å². The second-order valence-electron chi connectivity index (χ2n) is 8.12. The van der Waals surface area contributed by atoms with E-state index in [4.69, 9.17) is 0 Å². The zero-order valence-corrected chi connectivity index (χ0v) is 17.8. The first-order valence-corrected chi connectivity index (χ1v) is 10.2. The molecule has 1 aromatic carbocycles. The maximum Gasteiger partial charge on any atom is 0.434 e. The Kier molecular flexibility index (Phi) is 6.75. The summed E-state index contributed by atoms with van der Waals surface area (Å²) in [6, 6.07) is 2.86. The summed E-state index contributed by atoms with van der Waals surface area (Å²) in [6.45, 7) is 3.58. The number of piperidine rings is 1. The number of rotatable bonds is 4. The third kappa shape index (κ3) is 5.48. The van der Waals surface area contributed by atoms with Gasteiger partial charge in [-0.05, 0) is 31.0 Å². The highest BCUT2D eigenvalue weighted by atomic mass is 19.4. The first kappa shape index (κ1) is 24.6. The molecule has 1 fully saturated rings. The largest absolute Gasteiger partial charge is 0.434 e. The van der Waals surface area contributed by atoms with Gasteiger partial charge >= 0.3 is 12.4 Å². The van der Waals surface area contributed by atoms with Crippen LogP contribution in [0.4, 0.5) is 26.3 Å². The molecular formula is C21H22F6N4O2. The third-order valence-corrected chi connectivity index (χ3v) is 5.27. The van der Waals surface area contributed by atoms with Crippen molar-refractivity contribution in [2.75, 3.05) is 13.1 Å². The molecule has 12 heteroatoms.